The van der Waals surface area contributed by atoms with Gasteiger partial charge in [-0.15, -0.1) is 0 Å². The normalized spacial score (nSPS) is 9.91. The van der Waals surface area contributed by atoms with Crippen LogP contribution in [0.1, 0.15) is 15.9 Å². The van der Waals surface area contributed by atoms with Crippen molar-refractivity contribution in [3.05, 3.63) is 59.7 Å². The lowest BCUT2D eigenvalue weighted by Gasteiger charge is -2.09. The van der Waals surface area contributed by atoms with Crippen LogP contribution >= 0.6 is 0 Å². The Morgan fingerprint density at radius 3 is 2.59 bits per heavy atom. The van der Waals surface area contributed by atoms with Crippen LogP contribution in [0.4, 0.5) is 5.69 Å². The van der Waals surface area contributed by atoms with Crippen LogP contribution in [0.2, 0.25) is 0 Å². The first-order chi connectivity index (χ1) is 10.6. The Kier molecular flexibility index (Phi) is 5.14. The van der Waals surface area contributed by atoms with E-state index in [0.717, 1.165) is 5.56 Å². The summed E-state index contributed by atoms with van der Waals surface area (Å²) >= 11 is 0. The van der Waals surface area contributed by atoms with Crippen molar-refractivity contribution in [2.75, 3.05) is 19.0 Å². The van der Waals surface area contributed by atoms with Crippen LogP contribution in [-0.2, 0) is 4.79 Å². The molecule has 0 unspecified atom stereocenters. The number of carbonyl (C=O) groups excluding carboxylic acids is 2. The van der Waals surface area contributed by atoms with E-state index >= 15 is 0 Å². The highest BCUT2D eigenvalue weighted by molar-refractivity contribution is 6.00. The number of aryl methyl sites for hydroxylation is 1. The highest BCUT2D eigenvalue weighted by atomic mass is 16.5. The first kappa shape index (κ1) is 15.6. The fraction of sp³-hybridized carbons (Fsp3) is 0.176. The number of amides is 2. The lowest BCUT2D eigenvalue weighted by Crippen LogP contribution is -2.33. The minimum absolute atomic E-state index is 0.0929. The summed E-state index contributed by atoms with van der Waals surface area (Å²) in [4.78, 5) is 23.9. The molecule has 0 aliphatic heterocycles. The molecule has 0 saturated heterocycles. The number of benzene rings is 2. The summed E-state index contributed by atoms with van der Waals surface area (Å²) in [6.45, 7) is 1.76. The van der Waals surface area contributed by atoms with Gasteiger partial charge in [0.15, 0.2) is 0 Å². The third kappa shape index (κ3) is 4.09. The van der Waals surface area contributed by atoms with E-state index in [1.165, 1.54) is 0 Å². The topological polar surface area (TPSA) is 67.4 Å². The first-order valence-electron chi connectivity index (χ1n) is 6.88. The average molecular weight is 298 g/mol. The predicted molar refractivity (Wildman–Crippen MR) is 85.1 cm³/mol. The molecule has 5 heteroatoms. The number of hydrogen-bond donors (Lipinski definition) is 2. The van der Waals surface area contributed by atoms with E-state index in [9.17, 15) is 9.59 Å². The molecule has 0 radical (unpaired) electrons. The van der Waals surface area contributed by atoms with Crippen molar-refractivity contribution in [1.82, 2.24) is 5.32 Å². The van der Waals surface area contributed by atoms with Gasteiger partial charge in [-0.2, -0.15) is 0 Å². The van der Waals surface area contributed by atoms with Crippen molar-refractivity contribution in [1.29, 1.82) is 0 Å². The third-order valence-electron chi connectivity index (χ3n) is 3.15. The molecule has 0 heterocycles. The van der Waals surface area contributed by atoms with Crippen LogP contribution < -0.4 is 15.4 Å². The Morgan fingerprint density at radius 1 is 1.09 bits per heavy atom. The molecule has 0 saturated carbocycles. The lowest BCUT2D eigenvalue weighted by atomic mass is 10.1. The number of methoxy groups -OCH3 is 1. The van der Waals surface area contributed by atoms with E-state index in [1.54, 1.807) is 43.5 Å². The monoisotopic (exact) mass is 298 g/mol. The molecule has 0 spiro atoms. The van der Waals surface area contributed by atoms with E-state index in [1.807, 2.05) is 19.1 Å². The maximum absolute atomic E-state index is 12.0. The highest BCUT2D eigenvalue weighted by Gasteiger charge is 2.10. The second-order valence-corrected chi connectivity index (χ2v) is 4.78. The van der Waals surface area contributed by atoms with Gasteiger partial charge in [-0.3, -0.25) is 9.59 Å². The van der Waals surface area contributed by atoms with Crippen molar-refractivity contribution in [2.45, 2.75) is 6.92 Å². The van der Waals surface area contributed by atoms with Gasteiger partial charge in [-0.05, 0) is 30.7 Å². The zero-order valence-corrected chi connectivity index (χ0v) is 12.6. The van der Waals surface area contributed by atoms with Gasteiger partial charge in [-0.25, -0.2) is 0 Å². The quantitative estimate of drug-likeness (QED) is 0.890. The van der Waals surface area contributed by atoms with Crippen molar-refractivity contribution in [2.24, 2.45) is 0 Å². The number of nitrogens with one attached hydrogen (secondary N) is 2. The van der Waals surface area contributed by atoms with E-state index < -0.39 is 0 Å². The molecule has 0 aromatic heterocycles. The maximum Gasteiger partial charge on any atom is 0.251 e. The number of carbonyl (C=O) groups is 2. The third-order valence-corrected chi connectivity index (χ3v) is 3.15. The average Bonchev–Trinajstić information content (AvgIpc) is 2.53. The summed E-state index contributed by atoms with van der Waals surface area (Å²) in [6.07, 6.45) is 0. The smallest absolute Gasteiger partial charge is 0.251 e. The van der Waals surface area contributed by atoms with Gasteiger partial charge in [0.05, 0.1) is 13.7 Å². The van der Waals surface area contributed by atoms with Gasteiger partial charge in [0.25, 0.3) is 5.91 Å². The van der Waals surface area contributed by atoms with E-state index in [0.29, 0.717) is 17.0 Å². The summed E-state index contributed by atoms with van der Waals surface area (Å²) in [7, 11) is 1.56. The van der Waals surface area contributed by atoms with Gasteiger partial charge in [-0.1, -0.05) is 24.3 Å². The predicted octanol–water partition coefficient (Wildman–Crippen LogP) is 2.37. The lowest BCUT2D eigenvalue weighted by molar-refractivity contribution is -0.115. The summed E-state index contributed by atoms with van der Waals surface area (Å²) in [6, 6.07) is 14.3. The van der Waals surface area contributed by atoms with E-state index in [4.69, 9.17) is 4.74 Å². The van der Waals surface area contributed by atoms with Gasteiger partial charge >= 0.3 is 0 Å². The molecule has 2 N–H and O–H groups in total. The van der Waals surface area contributed by atoms with Crippen molar-refractivity contribution < 1.29 is 14.3 Å². The summed E-state index contributed by atoms with van der Waals surface area (Å²) in [5, 5.41) is 5.31. The SMILES string of the molecule is COc1cccc(NC(=O)CNC(=O)c2ccccc2C)c1. The zero-order chi connectivity index (χ0) is 15.9. The molecule has 0 aliphatic rings. The largest absolute Gasteiger partial charge is 0.497 e. The van der Waals surface area contributed by atoms with Crippen LogP contribution in [-0.4, -0.2) is 25.5 Å². The second kappa shape index (κ2) is 7.26. The van der Waals surface area contributed by atoms with Crippen molar-refractivity contribution >= 4 is 17.5 Å². The maximum atomic E-state index is 12.0. The first-order valence-corrected chi connectivity index (χ1v) is 6.88. The van der Waals surface area contributed by atoms with E-state index in [-0.39, 0.29) is 18.4 Å². The summed E-state index contributed by atoms with van der Waals surface area (Å²) in [5.41, 5.74) is 2.05. The van der Waals surface area contributed by atoms with Crippen LogP contribution in [0.3, 0.4) is 0 Å². The minimum Gasteiger partial charge on any atom is -0.497 e. The molecule has 0 bridgehead atoms. The molecule has 2 aromatic carbocycles. The number of anilines is 1. The van der Waals surface area contributed by atoms with E-state index in [2.05, 4.69) is 10.6 Å². The van der Waals surface area contributed by atoms with Gasteiger partial charge in [0.2, 0.25) is 5.91 Å². The molecule has 22 heavy (non-hydrogen) atoms. The molecule has 114 valence electrons. The fourth-order valence-electron chi connectivity index (χ4n) is 1.99. The van der Waals surface area contributed by atoms with Gasteiger partial charge in [0.1, 0.15) is 5.75 Å². The Labute approximate surface area is 129 Å². The number of hydrogen-bond acceptors (Lipinski definition) is 3. The number of rotatable bonds is 5. The second-order valence-electron chi connectivity index (χ2n) is 4.78. The molecule has 5 nitrogen and oxygen atoms in total. The van der Waals surface area contributed by atoms with Gasteiger partial charge < -0.3 is 15.4 Å². The van der Waals surface area contributed by atoms with Crippen LogP contribution in [0.25, 0.3) is 0 Å². The Bertz CT molecular complexity index is 683. The minimum atomic E-state index is -0.296. The molecule has 0 fully saturated rings. The zero-order valence-electron chi connectivity index (χ0n) is 12.6. The molecule has 2 aromatic rings. The highest BCUT2D eigenvalue weighted by Crippen LogP contribution is 2.16. The van der Waals surface area contributed by atoms with Crippen LogP contribution in [0, 0.1) is 6.92 Å². The standard InChI is InChI=1S/C17H18N2O3/c1-12-6-3-4-9-15(12)17(21)18-11-16(20)19-13-7-5-8-14(10-13)22-2/h3-10H,11H2,1-2H3,(H,18,21)(H,19,20). The molecule has 0 atom stereocenters. The van der Waals surface area contributed by atoms with Crippen molar-refractivity contribution in [3.8, 4) is 5.75 Å². The van der Waals surface area contributed by atoms with Crippen LogP contribution in [0.5, 0.6) is 5.75 Å². The molecular weight excluding hydrogens is 280 g/mol. The molecule has 2 rings (SSSR count). The summed E-state index contributed by atoms with van der Waals surface area (Å²) < 4.78 is 5.08. The molecule has 2 amide bonds. The van der Waals surface area contributed by atoms with Gasteiger partial charge in [0, 0.05) is 17.3 Å². The Hall–Kier alpha value is -2.82. The molecular formula is C17H18N2O3. The summed E-state index contributed by atoms with van der Waals surface area (Å²) in [5.74, 6) is 0.0934. The number of ether oxygens (including phenoxy) is 1. The van der Waals surface area contributed by atoms with Crippen LogP contribution in [0.15, 0.2) is 48.5 Å². The Balaban J connectivity index is 1.90. The van der Waals surface area contributed by atoms with Crippen molar-refractivity contribution in [3.63, 3.8) is 0 Å². The fourth-order valence-corrected chi connectivity index (χ4v) is 1.99. The molecule has 0 aliphatic carbocycles. The Morgan fingerprint density at radius 2 is 1.86 bits per heavy atom.